The highest BCUT2D eigenvalue weighted by molar-refractivity contribution is 6.50. The van der Waals surface area contributed by atoms with Crippen molar-refractivity contribution in [3.8, 4) is 0 Å². The highest BCUT2D eigenvalue weighted by Crippen LogP contribution is 2.42. The zero-order valence-corrected chi connectivity index (χ0v) is 19.3. The molecule has 2 aromatic heterocycles. The van der Waals surface area contributed by atoms with Gasteiger partial charge in [-0.25, -0.2) is 0 Å². The van der Waals surface area contributed by atoms with Crippen molar-refractivity contribution in [1.29, 1.82) is 0 Å². The molecule has 0 radical (unpaired) electrons. The van der Waals surface area contributed by atoms with E-state index in [9.17, 15) is 9.59 Å². The third kappa shape index (κ3) is 3.13. The lowest BCUT2D eigenvalue weighted by atomic mass is 9.82. The number of nitrogens with two attached hydrogens (primary N) is 1. The van der Waals surface area contributed by atoms with E-state index in [2.05, 4.69) is 34.8 Å². The molecular weight excluding hydrogens is 436 g/mol. The smallest absolute Gasteiger partial charge is 0.259 e. The van der Waals surface area contributed by atoms with Crippen molar-refractivity contribution >= 4 is 57.2 Å². The molecule has 6 nitrogen and oxygen atoms in total. The number of aromatic nitrogens is 2. The van der Waals surface area contributed by atoms with E-state index in [4.69, 9.17) is 5.73 Å². The third-order valence-corrected chi connectivity index (χ3v) is 6.70. The predicted molar refractivity (Wildman–Crippen MR) is 133 cm³/mol. The lowest BCUT2D eigenvalue weighted by molar-refractivity contribution is -0.122. The number of H-pyrrole nitrogens is 1. The van der Waals surface area contributed by atoms with Crippen LogP contribution >= 0.6 is 12.4 Å². The molecule has 0 saturated carbocycles. The summed E-state index contributed by atoms with van der Waals surface area (Å²) < 4.78 is 2.24. The van der Waals surface area contributed by atoms with Crippen LogP contribution in [0.3, 0.4) is 0 Å². The zero-order valence-electron chi connectivity index (χ0n) is 18.5. The monoisotopic (exact) mass is 460 g/mol. The molecule has 33 heavy (non-hydrogen) atoms. The van der Waals surface area contributed by atoms with Crippen LogP contribution in [0.15, 0.2) is 48.8 Å². The second-order valence-corrected chi connectivity index (χ2v) is 9.64. The third-order valence-electron chi connectivity index (χ3n) is 6.70. The SMILES string of the molecule is CC1(C)Cc2cccc3c(C4=C(c5c[nH]c6cc(CN)ccc56)C(=O)NC4=O)cn(c23)C1.Cl. The summed E-state index contributed by atoms with van der Waals surface area (Å²) in [5.74, 6) is -0.707. The Morgan fingerprint density at radius 2 is 1.79 bits per heavy atom. The number of carbonyl (C=O) groups excluding carboxylic acids is 2. The number of imide groups is 1. The quantitative estimate of drug-likeness (QED) is 0.401. The molecule has 0 saturated heterocycles. The van der Waals surface area contributed by atoms with Crippen molar-refractivity contribution < 1.29 is 9.59 Å². The van der Waals surface area contributed by atoms with Gasteiger partial charge in [0.25, 0.3) is 11.8 Å². The first-order valence-corrected chi connectivity index (χ1v) is 10.9. The highest BCUT2D eigenvalue weighted by atomic mass is 35.5. The Hall–Kier alpha value is -3.35. The summed E-state index contributed by atoms with van der Waals surface area (Å²) in [5.41, 5.74) is 12.6. The van der Waals surface area contributed by atoms with Gasteiger partial charge in [-0.2, -0.15) is 0 Å². The first-order valence-electron chi connectivity index (χ1n) is 10.9. The maximum Gasteiger partial charge on any atom is 0.259 e. The van der Waals surface area contributed by atoms with Crippen LogP contribution in [-0.2, 0) is 29.1 Å². The van der Waals surface area contributed by atoms with Crippen LogP contribution in [0.1, 0.15) is 36.1 Å². The standard InChI is InChI=1S/C26H24N4O2.ClH/c1-26(2)9-15-4-3-5-17-19(12-30(13-26)23(15)17)22-21(24(31)29-25(22)32)18-11-28-20-8-14(10-27)6-7-16(18)20;/h3-8,11-12,28H,9-10,13,27H2,1-2H3,(H,29,31,32);1H. The second-order valence-electron chi connectivity index (χ2n) is 9.64. The van der Waals surface area contributed by atoms with E-state index < -0.39 is 0 Å². The highest BCUT2D eigenvalue weighted by Gasteiger charge is 2.36. The number of benzene rings is 2. The topological polar surface area (TPSA) is 92.9 Å². The van der Waals surface area contributed by atoms with Crippen LogP contribution in [0.25, 0.3) is 33.0 Å². The molecule has 0 fully saturated rings. The molecule has 0 bridgehead atoms. The molecule has 4 heterocycles. The molecule has 0 aliphatic carbocycles. The molecule has 4 N–H and O–H groups in total. The number of carbonyl (C=O) groups is 2. The normalized spacial score (nSPS) is 17.1. The fourth-order valence-electron chi connectivity index (χ4n) is 5.41. The van der Waals surface area contributed by atoms with Crippen molar-refractivity contribution in [3.05, 3.63) is 71.0 Å². The molecule has 4 aromatic rings. The molecule has 0 atom stereocenters. The molecule has 2 amide bonds. The summed E-state index contributed by atoms with van der Waals surface area (Å²) in [6, 6.07) is 12.2. The lowest BCUT2D eigenvalue weighted by Crippen LogP contribution is -2.26. The number of amides is 2. The maximum absolute atomic E-state index is 13.1. The van der Waals surface area contributed by atoms with E-state index in [1.807, 2.05) is 42.7 Å². The van der Waals surface area contributed by atoms with Crippen LogP contribution < -0.4 is 11.1 Å². The molecule has 0 spiro atoms. The molecular formula is C26H25ClN4O2. The van der Waals surface area contributed by atoms with Crippen molar-refractivity contribution in [1.82, 2.24) is 14.9 Å². The van der Waals surface area contributed by atoms with E-state index in [0.29, 0.717) is 17.7 Å². The number of fused-ring (bicyclic) bond motifs is 1. The zero-order chi connectivity index (χ0) is 22.2. The Labute approximate surface area is 197 Å². The minimum Gasteiger partial charge on any atom is -0.361 e. The van der Waals surface area contributed by atoms with Crippen LogP contribution in [-0.4, -0.2) is 21.4 Å². The van der Waals surface area contributed by atoms with Gasteiger partial charge in [0.1, 0.15) is 0 Å². The van der Waals surface area contributed by atoms with Gasteiger partial charge >= 0.3 is 0 Å². The number of aromatic amines is 1. The summed E-state index contributed by atoms with van der Waals surface area (Å²) in [4.78, 5) is 29.3. The number of nitrogens with zero attached hydrogens (tertiary/aromatic N) is 1. The van der Waals surface area contributed by atoms with Gasteiger partial charge in [0, 0.05) is 52.9 Å². The number of hydrogen-bond acceptors (Lipinski definition) is 3. The molecule has 6 rings (SSSR count). The molecule has 2 aromatic carbocycles. The Kier molecular flexibility index (Phi) is 4.78. The largest absolute Gasteiger partial charge is 0.361 e. The number of para-hydroxylation sites is 1. The minimum atomic E-state index is -0.360. The van der Waals surface area contributed by atoms with Crippen molar-refractivity contribution in [2.45, 2.75) is 33.4 Å². The van der Waals surface area contributed by atoms with Crippen LogP contribution in [0, 0.1) is 5.41 Å². The van der Waals surface area contributed by atoms with E-state index in [1.165, 1.54) is 5.56 Å². The van der Waals surface area contributed by atoms with E-state index in [0.717, 1.165) is 51.5 Å². The molecule has 7 heteroatoms. The average molecular weight is 461 g/mol. The summed E-state index contributed by atoms with van der Waals surface area (Å²) in [6.45, 7) is 5.82. The number of halogens is 1. The maximum atomic E-state index is 13.1. The Morgan fingerprint density at radius 3 is 2.55 bits per heavy atom. The summed E-state index contributed by atoms with van der Waals surface area (Å²) in [7, 11) is 0. The van der Waals surface area contributed by atoms with Crippen molar-refractivity contribution in [2.24, 2.45) is 11.1 Å². The number of hydrogen-bond donors (Lipinski definition) is 3. The van der Waals surface area contributed by atoms with Gasteiger partial charge in [-0.05, 0) is 29.0 Å². The molecule has 2 aliphatic rings. The first-order chi connectivity index (χ1) is 15.4. The van der Waals surface area contributed by atoms with Gasteiger partial charge < -0.3 is 15.3 Å². The fraction of sp³-hybridized carbons (Fsp3) is 0.231. The van der Waals surface area contributed by atoms with Crippen LogP contribution in [0.2, 0.25) is 0 Å². The first kappa shape index (κ1) is 21.5. The molecule has 0 unspecified atom stereocenters. The number of rotatable bonds is 3. The van der Waals surface area contributed by atoms with Gasteiger partial charge in [0.2, 0.25) is 0 Å². The predicted octanol–water partition coefficient (Wildman–Crippen LogP) is 4.15. The van der Waals surface area contributed by atoms with Gasteiger partial charge in [-0.15, -0.1) is 12.4 Å². The lowest BCUT2D eigenvalue weighted by Gasteiger charge is -2.31. The minimum absolute atomic E-state index is 0. The summed E-state index contributed by atoms with van der Waals surface area (Å²) in [5, 5.41) is 4.45. The Morgan fingerprint density at radius 1 is 1.03 bits per heavy atom. The van der Waals surface area contributed by atoms with Crippen molar-refractivity contribution in [3.63, 3.8) is 0 Å². The van der Waals surface area contributed by atoms with Gasteiger partial charge in [0.05, 0.1) is 16.7 Å². The van der Waals surface area contributed by atoms with Crippen LogP contribution in [0.5, 0.6) is 0 Å². The average Bonchev–Trinajstić information content (AvgIpc) is 3.40. The Balaban J connectivity index is 0.00000228. The summed E-state index contributed by atoms with van der Waals surface area (Å²) >= 11 is 0. The molecule has 2 aliphatic heterocycles. The molecule has 168 valence electrons. The summed E-state index contributed by atoms with van der Waals surface area (Å²) in [6.07, 6.45) is 4.84. The second kappa shape index (κ2) is 7.33. The van der Waals surface area contributed by atoms with Crippen LogP contribution in [0.4, 0.5) is 0 Å². The van der Waals surface area contributed by atoms with Gasteiger partial charge in [-0.1, -0.05) is 44.2 Å². The van der Waals surface area contributed by atoms with Crippen molar-refractivity contribution in [2.75, 3.05) is 0 Å². The Bertz CT molecular complexity index is 1510. The van der Waals surface area contributed by atoms with Gasteiger partial charge in [-0.3, -0.25) is 14.9 Å². The fourth-order valence-corrected chi connectivity index (χ4v) is 5.41. The van der Waals surface area contributed by atoms with E-state index in [-0.39, 0.29) is 29.6 Å². The van der Waals surface area contributed by atoms with E-state index >= 15 is 0 Å². The van der Waals surface area contributed by atoms with E-state index in [1.54, 1.807) is 0 Å². The van der Waals surface area contributed by atoms with Gasteiger partial charge in [0.15, 0.2) is 0 Å². The number of nitrogens with one attached hydrogen (secondary N) is 2.